The van der Waals surface area contributed by atoms with E-state index in [1.807, 2.05) is 0 Å². The number of rotatable bonds is 3. The molecule has 0 unspecified atom stereocenters. The summed E-state index contributed by atoms with van der Waals surface area (Å²) in [5.41, 5.74) is -0.160. The minimum Gasteiger partial charge on any atom is -0.496 e. The summed E-state index contributed by atoms with van der Waals surface area (Å²) in [5, 5.41) is 0. The van der Waals surface area contributed by atoms with Gasteiger partial charge in [0.05, 0.1) is 12.7 Å². The molecule has 1 aromatic rings. The minimum absolute atomic E-state index is 0.160. The smallest absolute Gasteiger partial charge is 0.294 e. The Labute approximate surface area is 75.6 Å². The predicted octanol–water partition coefficient (Wildman–Crippen LogP) is 2.97. The minimum atomic E-state index is -3.04. The second-order valence-electron chi connectivity index (χ2n) is 2.53. The Morgan fingerprint density at radius 2 is 2.00 bits per heavy atom. The molecule has 0 aliphatic carbocycles. The van der Waals surface area contributed by atoms with Crippen molar-refractivity contribution in [1.82, 2.24) is 0 Å². The average Bonchev–Trinajstić information content (AvgIpc) is 2.18. The summed E-state index contributed by atoms with van der Waals surface area (Å²) in [6.45, 7) is 3.08. The van der Waals surface area contributed by atoms with Crippen molar-refractivity contribution in [3.05, 3.63) is 42.5 Å². The maximum absolute atomic E-state index is 13.1. The first-order chi connectivity index (χ1) is 6.11. The van der Waals surface area contributed by atoms with Crippen molar-refractivity contribution in [2.45, 2.75) is 5.92 Å². The lowest BCUT2D eigenvalue weighted by molar-refractivity contribution is 0.0497. The van der Waals surface area contributed by atoms with Crippen LogP contribution in [0, 0.1) is 0 Å². The molecule has 0 bridgehead atoms. The van der Waals surface area contributed by atoms with Gasteiger partial charge in [-0.25, -0.2) is 0 Å². The van der Waals surface area contributed by atoms with E-state index in [4.69, 9.17) is 4.74 Å². The topological polar surface area (TPSA) is 9.23 Å². The molecule has 0 saturated heterocycles. The first-order valence-electron chi connectivity index (χ1n) is 3.76. The Hall–Kier alpha value is -1.38. The highest BCUT2D eigenvalue weighted by Gasteiger charge is 2.30. The van der Waals surface area contributed by atoms with E-state index < -0.39 is 5.92 Å². The standard InChI is InChI=1S/C10H10F2O/c1-3-10(11,12)8-6-4-5-7-9(8)13-2/h3-7H,1H2,2H3. The molecule has 0 aromatic heterocycles. The van der Waals surface area contributed by atoms with E-state index in [1.165, 1.54) is 25.3 Å². The molecule has 0 spiro atoms. The monoisotopic (exact) mass is 184 g/mol. The van der Waals surface area contributed by atoms with E-state index >= 15 is 0 Å². The van der Waals surface area contributed by atoms with E-state index in [9.17, 15) is 8.78 Å². The highest BCUT2D eigenvalue weighted by molar-refractivity contribution is 5.38. The zero-order chi connectivity index (χ0) is 9.90. The molecule has 0 saturated carbocycles. The highest BCUT2D eigenvalue weighted by Crippen LogP contribution is 2.35. The second kappa shape index (κ2) is 3.56. The molecule has 0 N–H and O–H groups in total. The lowest BCUT2D eigenvalue weighted by Crippen LogP contribution is -2.10. The molecule has 1 rings (SSSR count). The van der Waals surface area contributed by atoms with Crippen molar-refractivity contribution in [2.24, 2.45) is 0 Å². The molecule has 0 heterocycles. The number of benzene rings is 1. The summed E-state index contributed by atoms with van der Waals surface area (Å²) < 4.78 is 31.1. The molecule has 13 heavy (non-hydrogen) atoms. The zero-order valence-electron chi connectivity index (χ0n) is 7.26. The molecule has 70 valence electrons. The van der Waals surface area contributed by atoms with Gasteiger partial charge in [-0.2, -0.15) is 8.78 Å². The molecule has 0 atom stereocenters. The number of ether oxygens (including phenoxy) is 1. The van der Waals surface area contributed by atoms with Gasteiger partial charge in [0.25, 0.3) is 5.92 Å². The molecule has 3 heteroatoms. The molecular formula is C10H10F2O. The summed E-state index contributed by atoms with van der Waals surface area (Å²) in [7, 11) is 1.36. The van der Waals surface area contributed by atoms with Crippen LogP contribution in [0.1, 0.15) is 5.56 Å². The third-order valence-electron chi connectivity index (χ3n) is 1.72. The maximum Gasteiger partial charge on any atom is 0.294 e. The Morgan fingerprint density at radius 1 is 1.38 bits per heavy atom. The number of hydrogen-bond acceptors (Lipinski definition) is 1. The van der Waals surface area contributed by atoms with Crippen LogP contribution in [0.5, 0.6) is 5.75 Å². The van der Waals surface area contributed by atoms with Gasteiger partial charge in [0.1, 0.15) is 5.75 Å². The van der Waals surface area contributed by atoms with Crippen LogP contribution in [0.2, 0.25) is 0 Å². The number of halogens is 2. The fourth-order valence-electron chi connectivity index (χ4n) is 1.03. The molecule has 0 aliphatic rings. The van der Waals surface area contributed by atoms with Crippen LogP contribution >= 0.6 is 0 Å². The van der Waals surface area contributed by atoms with Gasteiger partial charge in [-0.05, 0) is 18.2 Å². The third-order valence-corrected chi connectivity index (χ3v) is 1.72. The molecule has 0 amide bonds. The van der Waals surface area contributed by atoms with Crippen LogP contribution in [0.25, 0.3) is 0 Å². The zero-order valence-corrected chi connectivity index (χ0v) is 7.26. The predicted molar refractivity (Wildman–Crippen MR) is 47.1 cm³/mol. The van der Waals surface area contributed by atoms with Crippen LogP contribution in [0.3, 0.4) is 0 Å². The first-order valence-corrected chi connectivity index (χ1v) is 3.76. The third kappa shape index (κ3) is 1.86. The summed E-state index contributed by atoms with van der Waals surface area (Å²) >= 11 is 0. The van der Waals surface area contributed by atoms with E-state index in [1.54, 1.807) is 6.07 Å². The molecular weight excluding hydrogens is 174 g/mol. The highest BCUT2D eigenvalue weighted by atomic mass is 19.3. The maximum atomic E-state index is 13.1. The van der Waals surface area contributed by atoms with Crippen molar-refractivity contribution in [3.63, 3.8) is 0 Å². The number of allylic oxidation sites excluding steroid dienone is 1. The van der Waals surface area contributed by atoms with Crippen LogP contribution in [-0.4, -0.2) is 7.11 Å². The second-order valence-corrected chi connectivity index (χ2v) is 2.53. The van der Waals surface area contributed by atoms with E-state index in [2.05, 4.69) is 6.58 Å². The Bertz CT molecular complexity index is 308. The normalized spacial score (nSPS) is 11.0. The van der Waals surface area contributed by atoms with E-state index in [0.717, 1.165) is 0 Å². The largest absolute Gasteiger partial charge is 0.496 e. The van der Waals surface area contributed by atoms with Gasteiger partial charge in [0.2, 0.25) is 0 Å². The van der Waals surface area contributed by atoms with Crippen LogP contribution in [0.15, 0.2) is 36.9 Å². The molecule has 0 aliphatic heterocycles. The van der Waals surface area contributed by atoms with Gasteiger partial charge in [0.15, 0.2) is 0 Å². The lowest BCUT2D eigenvalue weighted by Gasteiger charge is -2.14. The van der Waals surface area contributed by atoms with Gasteiger partial charge >= 0.3 is 0 Å². The molecule has 0 radical (unpaired) electrons. The number of hydrogen-bond donors (Lipinski definition) is 0. The summed E-state index contributed by atoms with van der Waals surface area (Å²) in [4.78, 5) is 0. The fraction of sp³-hybridized carbons (Fsp3) is 0.200. The summed E-state index contributed by atoms with van der Waals surface area (Å²) in [6.07, 6.45) is 0.602. The summed E-state index contributed by atoms with van der Waals surface area (Å²) in [5.74, 6) is -2.86. The van der Waals surface area contributed by atoms with Crippen molar-refractivity contribution in [3.8, 4) is 5.75 Å². The van der Waals surface area contributed by atoms with E-state index in [-0.39, 0.29) is 11.3 Å². The van der Waals surface area contributed by atoms with Gasteiger partial charge in [-0.3, -0.25) is 0 Å². The first kappa shape index (κ1) is 9.71. The van der Waals surface area contributed by atoms with Crippen LogP contribution in [-0.2, 0) is 5.92 Å². The Morgan fingerprint density at radius 3 is 2.54 bits per heavy atom. The number of para-hydroxylation sites is 1. The van der Waals surface area contributed by atoms with Gasteiger partial charge in [-0.15, -0.1) is 0 Å². The van der Waals surface area contributed by atoms with Gasteiger partial charge in [0, 0.05) is 0 Å². The van der Waals surface area contributed by atoms with Gasteiger partial charge in [-0.1, -0.05) is 18.7 Å². The fourth-order valence-corrected chi connectivity index (χ4v) is 1.03. The quantitative estimate of drug-likeness (QED) is 0.656. The van der Waals surface area contributed by atoms with Gasteiger partial charge < -0.3 is 4.74 Å². The van der Waals surface area contributed by atoms with Crippen molar-refractivity contribution < 1.29 is 13.5 Å². The van der Waals surface area contributed by atoms with Crippen molar-refractivity contribution in [2.75, 3.05) is 7.11 Å². The summed E-state index contributed by atoms with van der Waals surface area (Å²) in [6, 6.07) is 5.99. The number of methoxy groups -OCH3 is 1. The Balaban J connectivity index is 3.20. The molecule has 1 nitrogen and oxygen atoms in total. The average molecular weight is 184 g/mol. The molecule has 0 fully saturated rings. The van der Waals surface area contributed by atoms with Crippen molar-refractivity contribution >= 4 is 0 Å². The lowest BCUT2D eigenvalue weighted by atomic mass is 10.1. The van der Waals surface area contributed by atoms with Crippen LogP contribution < -0.4 is 4.74 Å². The van der Waals surface area contributed by atoms with Crippen LogP contribution in [0.4, 0.5) is 8.78 Å². The molecule has 1 aromatic carbocycles. The number of alkyl halides is 2. The van der Waals surface area contributed by atoms with Crippen molar-refractivity contribution in [1.29, 1.82) is 0 Å². The Kier molecular flexibility index (Phi) is 2.66. The SMILES string of the molecule is C=CC(F)(F)c1ccccc1OC. The van der Waals surface area contributed by atoms with E-state index in [0.29, 0.717) is 6.08 Å².